The monoisotopic (exact) mass is 278 g/mol. The first kappa shape index (κ1) is 13.1. The van der Waals surface area contributed by atoms with Gasteiger partial charge in [0, 0.05) is 18.5 Å². The zero-order chi connectivity index (χ0) is 14.3. The average Bonchev–Trinajstić information content (AvgIpc) is 3.02. The molecular formula is C14H18N2O4. The largest absolute Gasteiger partial charge is 0.479 e. The molecule has 1 saturated heterocycles. The quantitative estimate of drug-likeness (QED) is 0.911. The number of carbonyl (C=O) groups excluding carboxylic acids is 1. The van der Waals surface area contributed by atoms with Crippen molar-refractivity contribution in [1.29, 1.82) is 0 Å². The lowest BCUT2D eigenvalue weighted by Gasteiger charge is -2.33. The molecule has 0 aromatic carbocycles. The van der Waals surface area contributed by atoms with Gasteiger partial charge in [-0.1, -0.05) is 12.1 Å². The zero-order valence-electron chi connectivity index (χ0n) is 11.5. The zero-order valence-corrected chi connectivity index (χ0v) is 11.5. The maximum atomic E-state index is 12.5. The summed E-state index contributed by atoms with van der Waals surface area (Å²) >= 11 is 0. The fraction of sp³-hybridized carbons (Fsp3) is 0.643. The van der Waals surface area contributed by atoms with Gasteiger partial charge in [-0.25, -0.2) is 4.79 Å². The first-order valence-corrected chi connectivity index (χ1v) is 7.10. The Kier molecular flexibility index (Phi) is 3.03. The Morgan fingerprint density at radius 1 is 1.55 bits per heavy atom. The highest BCUT2D eigenvalue weighted by Crippen LogP contribution is 2.40. The van der Waals surface area contributed by atoms with Gasteiger partial charge in [0.05, 0.1) is 0 Å². The normalized spacial score (nSPS) is 25.9. The minimum absolute atomic E-state index is 0.230. The van der Waals surface area contributed by atoms with E-state index in [1.165, 1.54) is 4.90 Å². The van der Waals surface area contributed by atoms with Gasteiger partial charge in [-0.3, -0.25) is 4.79 Å². The summed E-state index contributed by atoms with van der Waals surface area (Å²) in [6.45, 7) is 2.27. The van der Waals surface area contributed by atoms with Crippen molar-refractivity contribution < 1.29 is 19.2 Å². The number of carboxylic acids is 1. The molecule has 20 heavy (non-hydrogen) atoms. The lowest BCUT2D eigenvalue weighted by molar-refractivity contribution is -0.148. The van der Waals surface area contributed by atoms with E-state index >= 15 is 0 Å². The Labute approximate surface area is 116 Å². The van der Waals surface area contributed by atoms with Gasteiger partial charge in [0.1, 0.15) is 11.3 Å². The van der Waals surface area contributed by atoms with Gasteiger partial charge in [0.15, 0.2) is 5.69 Å². The van der Waals surface area contributed by atoms with Gasteiger partial charge in [0.25, 0.3) is 5.91 Å². The predicted octanol–water partition coefficient (Wildman–Crippen LogP) is 2.02. The van der Waals surface area contributed by atoms with E-state index in [0.29, 0.717) is 31.7 Å². The van der Waals surface area contributed by atoms with E-state index in [1.54, 1.807) is 13.0 Å². The van der Waals surface area contributed by atoms with E-state index in [2.05, 4.69) is 5.16 Å². The first-order chi connectivity index (χ1) is 9.58. The average molecular weight is 278 g/mol. The fourth-order valence-corrected chi connectivity index (χ4v) is 3.00. The maximum Gasteiger partial charge on any atom is 0.329 e. The number of aromatic nitrogens is 1. The lowest BCUT2D eigenvalue weighted by atomic mass is 9.93. The Bertz CT molecular complexity index is 549. The first-order valence-electron chi connectivity index (χ1n) is 7.10. The highest BCUT2D eigenvalue weighted by molar-refractivity contribution is 5.96. The summed E-state index contributed by atoms with van der Waals surface area (Å²) in [6, 6.07) is 1.67. The van der Waals surface area contributed by atoms with Crippen molar-refractivity contribution in [2.24, 2.45) is 0 Å². The molecule has 1 unspecified atom stereocenters. The second-order valence-corrected chi connectivity index (χ2v) is 5.64. The molecule has 0 radical (unpaired) electrons. The van der Waals surface area contributed by atoms with Crippen LogP contribution in [0.25, 0.3) is 0 Å². The third-order valence-electron chi connectivity index (χ3n) is 4.44. The number of hydrogen-bond acceptors (Lipinski definition) is 4. The number of carboxylic acid groups (broad SMARTS) is 1. The highest BCUT2D eigenvalue weighted by Gasteiger charge is 2.49. The topological polar surface area (TPSA) is 83.6 Å². The van der Waals surface area contributed by atoms with E-state index in [0.717, 1.165) is 18.6 Å². The predicted molar refractivity (Wildman–Crippen MR) is 69.4 cm³/mol. The van der Waals surface area contributed by atoms with Crippen LogP contribution in [0.5, 0.6) is 0 Å². The third-order valence-corrected chi connectivity index (χ3v) is 4.44. The molecule has 2 aliphatic rings. The molecule has 1 saturated carbocycles. The minimum Gasteiger partial charge on any atom is -0.479 e. The molecule has 0 spiro atoms. The summed E-state index contributed by atoms with van der Waals surface area (Å²) in [7, 11) is 0. The second-order valence-electron chi connectivity index (χ2n) is 5.64. The van der Waals surface area contributed by atoms with Crippen molar-refractivity contribution in [1.82, 2.24) is 10.1 Å². The number of nitrogens with zero attached hydrogens (tertiary/aromatic N) is 2. The molecule has 108 valence electrons. The summed E-state index contributed by atoms with van der Waals surface area (Å²) < 4.78 is 5.19. The molecule has 2 heterocycles. The highest BCUT2D eigenvalue weighted by atomic mass is 16.5. The number of hydrogen-bond donors (Lipinski definition) is 1. The SMILES string of the molecule is CCC1(C(=O)O)CCCN1C(=O)c1cc(C2CC2)on1. The molecule has 3 rings (SSSR count). The summed E-state index contributed by atoms with van der Waals surface area (Å²) in [5, 5.41) is 13.3. The molecule has 0 bridgehead atoms. The Morgan fingerprint density at radius 3 is 2.90 bits per heavy atom. The molecule has 1 aliphatic heterocycles. The van der Waals surface area contributed by atoms with Gasteiger partial charge in [-0.05, 0) is 32.1 Å². The number of rotatable bonds is 4. The molecule has 1 N–H and O–H groups in total. The van der Waals surface area contributed by atoms with Crippen LogP contribution in [0.1, 0.15) is 61.2 Å². The maximum absolute atomic E-state index is 12.5. The van der Waals surface area contributed by atoms with Crippen molar-refractivity contribution >= 4 is 11.9 Å². The van der Waals surface area contributed by atoms with E-state index < -0.39 is 11.5 Å². The van der Waals surface area contributed by atoms with E-state index in [1.807, 2.05) is 0 Å². The Morgan fingerprint density at radius 2 is 2.30 bits per heavy atom. The van der Waals surface area contributed by atoms with Crippen molar-refractivity contribution in [3.05, 3.63) is 17.5 Å². The van der Waals surface area contributed by atoms with E-state index in [9.17, 15) is 14.7 Å². The number of carbonyl (C=O) groups is 2. The van der Waals surface area contributed by atoms with Crippen molar-refractivity contribution in [2.45, 2.75) is 50.5 Å². The molecule has 2 fully saturated rings. The number of amides is 1. The molecule has 1 atom stereocenters. The molecule has 1 aromatic heterocycles. The third kappa shape index (κ3) is 1.90. The molecule has 1 aliphatic carbocycles. The molecule has 6 heteroatoms. The van der Waals surface area contributed by atoms with Crippen LogP contribution in [-0.4, -0.2) is 39.1 Å². The summed E-state index contributed by atoms with van der Waals surface area (Å²) in [4.78, 5) is 25.6. The van der Waals surface area contributed by atoms with Gasteiger partial charge >= 0.3 is 5.97 Å². The van der Waals surface area contributed by atoms with Crippen molar-refractivity contribution in [2.75, 3.05) is 6.54 Å². The van der Waals surface area contributed by atoms with Crippen molar-refractivity contribution in [3.8, 4) is 0 Å². The summed E-state index contributed by atoms with van der Waals surface area (Å²) in [5.41, 5.74) is -0.858. The smallest absolute Gasteiger partial charge is 0.329 e. The van der Waals surface area contributed by atoms with Gasteiger partial charge in [-0.2, -0.15) is 0 Å². The molecular weight excluding hydrogens is 260 g/mol. The van der Waals surface area contributed by atoms with Gasteiger partial charge < -0.3 is 14.5 Å². The van der Waals surface area contributed by atoms with Crippen LogP contribution in [0.4, 0.5) is 0 Å². The van der Waals surface area contributed by atoms with Gasteiger partial charge in [0.2, 0.25) is 0 Å². The van der Waals surface area contributed by atoms with Crippen LogP contribution >= 0.6 is 0 Å². The summed E-state index contributed by atoms with van der Waals surface area (Å²) in [6.07, 6.45) is 3.75. The standard InChI is InChI=1S/C14H18N2O4/c1-2-14(13(18)19)6-3-7-16(14)12(17)10-8-11(20-15-10)9-4-5-9/h8-9H,2-7H2,1H3,(H,18,19). The van der Waals surface area contributed by atoms with E-state index in [4.69, 9.17) is 4.52 Å². The van der Waals surface area contributed by atoms with E-state index in [-0.39, 0.29) is 11.6 Å². The molecule has 1 amide bonds. The number of aliphatic carboxylic acids is 1. The summed E-state index contributed by atoms with van der Waals surface area (Å²) in [5.74, 6) is -0.137. The minimum atomic E-state index is -1.09. The lowest BCUT2D eigenvalue weighted by Crippen LogP contribution is -2.52. The van der Waals surface area contributed by atoms with Crippen LogP contribution in [0.2, 0.25) is 0 Å². The van der Waals surface area contributed by atoms with Crippen LogP contribution in [0, 0.1) is 0 Å². The number of likely N-dealkylation sites (tertiary alicyclic amines) is 1. The molecule has 1 aromatic rings. The fourth-order valence-electron chi connectivity index (χ4n) is 3.00. The second kappa shape index (κ2) is 4.61. The van der Waals surface area contributed by atoms with Gasteiger partial charge in [-0.15, -0.1) is 0 Å². The Hall–Kier alpha value is -1.85. The van der Waals surface area contributed by atoms with Crippen LogP contribution in [0.3, 0.4) is 0 Å². The molecule has 6 nitrogen and oxygen atoms in total. The van der Waals surface area contributed by atoms with Crippen LogP contribution < -0.4 is 0 Å². The van der Waals surface area contributed by atoms with Crippen LogP contribution in [-0.2, 0) is 4.79 Å². The van der Waals surface area contributed by atoms with Crippen molar-refractivity contribution in [3.63, 3.8) is 0 Å². The van der Waals surface area contributed by atoms with Crippen LogP contribution in [0.15, 0.2) is 10.6 Å². The Balaban J connectivity index is 1.86.